The topological polar surface area (TPSA) is 33.1 Å². The molecular weight excluding hydrogens is 198 g/mol. The van der Waals surface area contributed by atoms with Crippen LogP contribution >= 0.6 is 0 Å². The second-order valence-corrected chi connectivity index (χ2v) is 3.99. The summed E-state index contributed by atoms with van der Waals surface area (Å²) in [6.45, 7) is 3.93. The first-order valence-corrected chi connectivity index (χ1v) is 5.34. The summed E-state index contributed by atoms with van der Waals surface area (Å²) < 4.78 is 0. The largest absolute Gasteiger partial charge is 0.384 e. The van der Waals surface area contributed by atoms with Crippen molar-refractivity contribution in [3.63, 3.8) is 0 Å². The number of aliphatic hydroxyl groups is 1. The molecule has 0 saturated carbocycles. The molecule has 2 nitrogen and oxygen atoms in total. The van der Waals surface area contributed by atoms with E-state index in [1.54, 1.807) is 6.20 Å². The minimum absolute atomic E-state index is 0.589. The molecule has 2 aromatic rings. The molecule has 82 valence electrons. The smallest absolute Gasteiger partial charge is 0.106 e. The van der Waals surface area contributed by atoms with Crippen LogP contribution in [-0.4, -0.2) is 10.1 Å². The van der Waals surface area contributed by atoms with Crippen molar-refractivity contribution in [2.24, 2.45) is 0 Å². The Balaban J connectivity index is 2.35. The predicted octanol–water partition coefficient (Wildman–Crippen LogP) is 2.78. The molecule has 1 aromatic carbocycles. The van der Waals surface area contributed by atoms with Crippen LogP contribution in [0.2, 0.25) is 0 Å². The Hall–Kier alpha value is -1.67. The van der Waals surface area contributed by atoms with Gasteiger partial charge in [-0.2, -0.15) is 0 Å². The van der Waals surface area contributed by atoms with Gasteiger partial charge in [0.25, 0.3) is 0 Å². The second-order valence-electron chi connectivity index (χ2n) is 3.99. The Labute approximate surface area is 95.6 Å². The molecule has 1 aromatic heterocycles. The number of pyridine rings is 1. The third-order valence-corrected chi connectivity index (χ3v) is 2.73. The third-order valence-electron chi connectivity index (χ3n) is 2.73. The van der Waals surface area contributed by atoms with E-state index in [4.69, 9.17) is 0 Å². The maximum Gasteiger partial charge on any atom is 0.106 e. The summed E-state index contributed by atoms with van der Waals surface area (Å²) in [5, 5.41) is 10.2. The fraction of sp³-hybridized carbons (Fsp3) is 0.214. The van der Waals surface area contributed by atoms with Gasteiger partial charge in [0.1, 0.15) is 6.10 Å². The van der Waals surface area contributed by atoms with Crippen molar-refractivity contribution in [3.05, 3.63) is 65.0 Å². The monoisotopic (exact) mass is 213 g/mol. The first-order chi connectivity index (χ1) is 7.68. The normalized spacial score (nSPS) is 12.4. The molecule has 1 atom stereocenters. The van der Waals surface area contributed by atoms with Crippen LogP contribution in [0.25, 0.3) is 0 Å². The zero-order valence-corrected chi connectivity index (χ0v) is 9.51. The van der Waals surface area contributed by atoms with Gasteiger partial charge in [-0.25, -0.2) is 0 Å². The Kier molecular flexibility index (Phi) is 3.02. The molecule has 1 heterocycles. The highest BCUT2D eigenvalue weighted by atomic mass is 16.3. The van der Waals surface area contributed by atoms with Crippen LogP contribution in [-0.2, 0) is 0 Å². The second kappa shape index (κ2) is 4.45. The van der Waals surface area contributed by atoms with Gasteiger partial charge in [-0.15, -0.1) is 0 Å². The molecule has 16 heavy (non-hydrogen) atoms. The van der Waals surface area contributed by atoms with Crippen molar-refractivity contribution in [2.45, 2.75) is 20.0 Å². The molecule has 1 unspecified atom stereocenters. The van der Waals surface area contributed by atoms with Gasteiger partial charge >= 0.3 is 0 Å². The first kappa shape index (κ1) is 10.8. The lowest BCUT2D eigenvalue weighted by Gasteiger charge is -2.13. The molecule has 0 saturated heterocycles. The summed E-state index contributed by atoms with van der Waals surface area (Å²) in [5.74, 6) is 0. The highest BCUT2D eigenvalue weighted by Crippen LogP contribution is 2.23. The molecular formula is C14H15NO. The summed E-state index contributed by atoms with van der Waals surface area (Å²) in [4.78, 5) is 4.20. The fourth-order valence-electron chi connectivity index (χ4n) is 1.71. The van der Waals surface area contributed by atoms with E-state index in [1.165, 1.54) is 0 Å². The van der Waals surface area contributed by atoms with Crippen molar-refractivity contribution in [3.8, 4) is 0 Å². The predicted molar refractivity (Wildman–Crippen MR) is 64.2 cm³/mol. The van der Waals surface area contributed by atoms with Crippen LogP contribution in [0.3, 0.4) is 0 Å². The number of aliphatic hydroxyl groups excluding tert-OH is 1. The van der Waals surface area contributed by atoms with E-state index in [1.807, 2.05) is 50.2 Å². The van der Waals surface area contributed by atoms with E-state index in [-0.39, 0.29) is 0 Å². The Morgan fingerprint density at radius 2 is 1.81 bits per heavy atom. The lowest BCUT2D eigenvalue weighted by molar-refractivity contribution is 0.219. The highest BCUT2D eigenvalue weighted by molar-refractivity contribution is 5.34. The van der Waals surface area contributed by atoms with Crippen molar-refractivity contribution in [2.75, 3.05) is 0 Å². The van der Waals surface area contributed by atoms with Crippen LogP contribution in [0.1, 0.15) is 28.5 Å². The van der Waals surface area contributed by atoms with E-state index >= 15 is 0 Å². The van der Waals surface area contributed by atoms with Gasteiger partial charge in [-0.3, -0.25) is 4.98 Å². The summed E-state index contributed by atoms with van der Waals surface area (Å²) in [6.07, 6.45) is 1.14. The molecule has 0 bridgehead atoms. The molecule has 0 amide bonds. The number of hydrogen-bond acceptors (Lipinski definition) is 2. The minimum atomic E-state index is -0.589. The van der Waals surface area contributed by atoms with E-state index < -0.39 is 6.10 Å². The molecule has 0 radical (unpaired) electrons. The van der Waals surface area contributed by atoms with Crippen LogP contribution < -0.4 is 0 Å². The third kappa shape index (κ3) is 2.12. The van der Waals surface area contributed by atoms with Crippen molar-refractivity contribution < 1.29 is 5.11 Å². The summed E-state index contributed by atoms with van der Waals surface area (Å²) in [5.41, 5.74) is 3.82. The molecule has 2 rings (SSSR count). The Morgan fingerprint density at radius 1 is 1.06 bits per heavy atom. The van der Waals surface area contributed by atoms with Gasteiger partial charge in [-0.05, 0) is 31.0 Å². The van der Waals surface area contributed by atoms with Crippen LogP contribution in [0, 0.1) is 13.8 Å². The molecule has 2 heteroatoms. The summed E-state index contributed by atoms with van der Waals surface area (Å²) in [6, 6.07) is 11.7. The molecule has 0 aliphatic carbocycles. The van der Waals surface area contributed by atoms with E-state index in [0.717, 1.165) is 22.4 Å². The Bertz CT molecular complexity index is 476. The lowest BCUT2D eigenvalue weighted by Crippen LogP contribution is -2.02. The lowest BCUT2D eigenvalue weighted by atomic mass is 9.99. The zero-order valence-electron chi connectivity index (χ0n) is 9.51. The van der Waals surface area contributed by atoms with Crippen LogP contribution in [0.4, 0.5) is 0 Å². The Morgan fingerprint density at radius 3 is 2.44 bits per heavy atom. The van der Waals surface area contributed by atoms with Gasteiger partial charge in [0.05, 0.1) is 0 Å². The minimum Gasteiger partial charge on any atom is -0.384 e. The standard InChI is InChI=1S/C14H15NO/c1-10-5-3-4-6-13(10)14(16)12-8-7-11(2)15-9-12/h3-9,14,16H,1-2H3. The number of rotatable bonds is 2. The number of hydrogen-bond donors (Lipinski definition) is 1. The van der Waals surface area contributed by atoms with Crippen molar-refractivity contribution in [1.29, 1.82) is 0 Å². The fourth-order valence-corrected chi connectivity index (χ4v) is 1.71. The van der Waals surface area contributed by atoms with E-state index in [0.29, 0.717) is 0 Å². The van der Waals surface area contributed by atoms with Crippen LogP contribution in [0.5, 0.6) is 0 Å². The number of benzene rings is 1. The number of aryl methyl sites for hydroxylation is 2. The number of aromatic nitrogens is 1. The van der Waals surface area contributed by atoms with Gasteiger partial charge in [-0.1, -0.05) is 30.3 Å². The van der Waals surface area contributed by atoms with Gasteiger partial charge in [0.2, 0.25) is 0 Å². The van der Waals surface area contributed by atoms with Crippen molar-refractivity contribution >= 4 is 0 Å². The van der Waals surface area contributed by atoms with E-state index in [9.17, 15) is 5.11 Å². The average molecular weight is 213 g/mol. The van der Waals surface area contributed by atoms with Gasteiger partial charge in [0.15, 0.2) is 0 Å². The average Bonchev–Trinajstić information content (AvgIpc) is 2.30. The molecule has 0 aliphatic rings. The maximum atomic E-state index is 10.2. The zero-order chi connectivity index (χ0) is 11.5. The molecule has 0 fully saturated rings. The van der Waals surface area contributed by atoms with E-state index in [2.05, 4.69) is 4.98 Å². The van der Waals surface area contributed by atoms with Crippen LogP contribution in [0.15, 0.2) is 42.6 Å². The highest BCUT2D eigenvalue weighted by Gasteiger charge is 2.12. The van der Waals surface area contributed by atoms with Crippen molar-refractivity contribution in [1.82, 2.24) is 4.98 Å². The molecule has 1 N–H and O–H groups in total. The maximum absolute atomic E-state index is 10.2. The quantitative estimate of drug-likeness (QED) is 0.832. The van der Waals surface area contributed by atoms with Gasteiger partial charge in [0, 0.05) is 17.5 Å². The first-order valence-electron chi connectivity index (χ1n) is 5.34. The molecule has 0 spiro atoms. The summed E-state index contributed by atoms with van der Waals surface area (Å²) in [7, 11) is 0. The van der Waals surface area contributed by atoms with Gasteiger partial charge < -0.3 is 5.11 Å². The SMILES string of the molecule is Cc1ccc(C(O)c2ccccc2C)cn1. The number of nitrogens with zero attached hydrogens (tertiary/aromatic N) is 1. The summed E-state index contributed by atoms with van der Waals surface area (Å²) >= 11 is 0. The molecule has 0 aliphatic heterocycles.